The van der Waals surface area contributed by atoms with Crippen molar-refractivity contribution in [1.82, 2.24) is 15.0 Å². The van der Waals surface area contributed by atoms with E-state index in [1.54, 1.807) is 11.6 Å². The lowest BCUT2D eigenvalue weighted by atomic mass is 10.1. The van der Waals surface area contributed by atoms with Gasteiger partial charge in [-0.1, -0.05) is 19.1 Å². The molecule has 0 radical (unpaired) electrons. The van der Waals surface area contributed by atoms with E-state index in [0.717, 1.165) is 25.0 Å². The molecule has 1 aliphatic rings. The molecule has 2 rings (SSSR count). The Hall–Kier alpha value is -1.43. The minimum atomic E-state index is -0.440. The monoisotopic (exact) mass is 267 g/mol. The fourth-order valence-corrected chi connectivity index (χ4v) is 2.63. The molecule has 0 aliphatic heterocycles. The average molecular weight is 267 g/mol. The first-order valence-corrected chi connectivity index (χ1v) is 6.86. The van der Waals surface area contributed by atoms with Crippen LogP contribution in [0.1, 0.15) is 68.2 Å². The van der Waals surface area contributed by atoms with Crippen LogP contribution in [0.3, 0.4) is 0 Å². The number of esters is 1. The maximum atomic E-state index is 11.9. The Morgan fingerprint density at radius 1 is 1.53 bits per heavy atom. The molecule has 1 fully saturated rings. The van der Waals surface area contributed by atoms with Crippen molar-refractivity contribution < 1.29 is 14.6 Å². The summed E-state index contributed by atoms with van der Waals surface area (Å²) in [5.74, 6) is -0.341. The van der Waals surface area contributed by atoms with Gasteiger partial charge in [-0.05, 0) is 32.1 Å². The zero-order chi connectivity index (χ0) is 14.0. The summed E-state index contributed by atoms with van der Waals surface area (Å²) in [6.45, 7) is 6.05. The normalized spacial score (nSPS) is 23.0. The predicted octanol–water partition coefficient (Wildman–Crippen LogP) is 1.66. The molecule has 2 atom stereocenters. The van der Waals surface area contributed by atoms with Crippen molar-refractivity contribution in [2.75, 3.05) is 6.61 Å². The smallest absolute Gasteiger partial charge is 0.360 e. The minimum absolute atomic E-state index is 0.0759. The predicted molar refractivity (Wildman–Crippen MR) is 69.0 cm³/mol. The van der Waals surface area contributed by atoms with Gasteiger partial charge in [0.15, 0.2) is 5.69 Å². The summed E-state index contributed by atoms with van der Waals surface area (Å²) in [5, 5.41) is 18.0. The van der Waals surface area contributed by atoms with Crippen LogP contribution >= 0.6 is 0 Å². The van der Waals surface area contributed by atoms with E-state index in [-0.39, 0.29) is 17.7 Å². The summed E-state index contributed by atoms with van der Waals surface area (Å²) in [7, 11) is 0. The van der Waals surface area contributed by atoms with Crippen molar-refractivity contribution >= 4 is 5.97 Å². The number of carbonyl (C=O) groups is 1. The van der Waals surface area contributed by atoms with Gasteiger partial charge < -0.3 is 9.84 Å². The first-order chi connectivity index (χ1) is 9.06. The second-order valence-corrected chi connectivity index (χ2v) is 5.21. The Kier molecular flexibility index (Phi) is 4.19. The molecule has 0 spiro atoms. The molecule has 1 saturated carbocycles. The third kappa shape index (κ3) is 2.63. The highest BCUT2D eigenvalue weighted by atomic mass is 16.5. The molecular formula is C13H21N3O3. The van der Waals surface area contributed by atoms with Crippen LogP contribution in [-0.2, 0) is 4.74 Å². The largest absolute Gasteiger partial charge is 0.461 e. The molecule has 1 aromatic heterocycles. The molecule has 0 amide bonds. The number of hydrogen-bond donors (Lipinski definition) is 1. The maximum absolute atomic E-state index is 11.9. The zero-order valence-corrected chi connectivity index (χ0v) is 11.7. The highest BCUT2D eigenvalue weighted by Gasteiger charge is 2.33. The van der Waals surface area contributed by atoms with Gasteiger partial charge in [0.2, 0.25) is 0 Å². The van der Waals surface area contributed by atoms with Gasteiger partial charge in [-0.15, -0.1) is 5.10 Å². The van der Waals surface area contributed by atoms with Crippen molar-refractivity contribution in [3.8, 4) is 0 Å². The number of nitrogens with zero attached hydrogens (tertiary/aromatic N) is 3. The summed E-state index contributed by atoms with van der Waals surface area (Å²) in [4.78, 5) is 11.9. The van der Waals surface area contributed by atoms with Crippen LogP contribution in [0.25, 0.3) is 0 Å². The van der Waals surface area contributed by atoms with E-state index in [4.69, 9.17) is 4.74 Å². The van der Waals surface area contributed by atoms with E-state index in [1.165, 1.54) is 0 Å². The molecule has 1 heterocycles. The standard InChI is InChI=1S/C13H21N3O3/c1-4-19-13(18)11-12(8(2)3)16(15-14-11)9-6-5-7-10(9)17/h8-10,17H,4-7H2,1-3H3. The molecule has 19 heavy (non-hydrogen) atoms. The number of rotatable bonds is 4. The lowest BCUT2D eigenvalue weighted by Crippen LogP contribution is -2.22. The van der Waals surface area contributed by atoms with Gasteiger partial charge >= 0.3 is 5.97 Å². The molecule has 1 N–H and O–H groups in total. The summed E-state index contributed by atoms with van der Waals surface area (Å²) in [6, 6.07) is -0.0759. The third-order valence-corrected chi connectivity index (χ3v) is 3.50. The Labute approximate surface area is 112 Å². The lowest BCUT2D eigenvalue weighted by Gasteiger charge is -2.19. The zero-order valence-electron chi connectivity index (χ0n) is 11.7. The van der Waals surface area contributed by atoms with Crippen molar-refractivity contribution in [1.29, 1.82) is 0 Å². The average Bonchev–Trinajstić information content (AvgIpc) is 2.94. The summed E-state index contributed by atoms with van der Waals surface area (Å²) < 4.78 is 6.72. The van der Waals surface area contributed by atoms with Gasteiger partial charge in [0.1, 0.15) is 0 Å². The van der Waals surface area contributed by atoms with E-state index in [0.29, 0.717) is 6.61 Å². The van der Waals surface area contributed by atoms with Gasteiger partial charge in [-0.2, -0.15) is 0 Å². The lowest BCUT2D eigenvalue weighted by molar-refractivity contribution is 0.0517. The Morgan fingerprint density at radius 2 is 2.26 bits per heavy atom. The molecule has 0 bridgehead atoms. The first-order valence-electron chi connectivity index (χ1n) is 6.86. The molecule has 6 nitrogen and oxygen atoms in total. The van der Waals surface area contributed by atoms with Crippen LogP contribution in [0.15, 0.2) is 0 Å². The molecule has 1 aliphatic carbocycles. The Morgan fingerprint density at radius 3 is 2.79 bits per heavy atom. The summed E-state index contributed by atoms with van der Waals surface area (Å²) in [6.07, 6.45) is 2.20. The van der Waals surface area contributed by atoms with Crippen molar-refractivity contribution in [2.45, 2.75) is 58.1 Å². The second kappa shape index (κ2) is 5.69. The molecule has 106 valence electrons. The van der Waals surface area contributed by atoms with Crippen LogP contribution in [0, 0.1) is 0 Å². The van der Waals surface area contributed by atoms with E-state index in [9.17, 15) is 9.90 Å². The van der Waals surface area contributed by atoms with E-state index < -0.39 is 12.1 Å². The Bertz CT molecular complexity index is 456. The number of aliphatic hydroxyl groups is 1. The first kappa shape index (κ1) is 14.0. The van der Waals surface area contributed by atoms with Crippen molar-refractivity contribution in [2.24, 2.45) is 0 Å². The number of aromatic nitrogens is 3. The van der Waals surface area contributed by atoms with Crippen LogP contribution in [0.5, 0.6) is 0 Å². The molecule has 0 aromatic carbocycles. The second-order valence-electron chi connectivity index (χ2n) is 5.21. The maximum Gasteiger partial charge on any atom is 0.360 e. The number of carbonyl (C=O) groups excluding carboxylic acids is 1. The van der Waals surface area contributed by atoms with Crippen LogP contribution in [0.4, 0.5) is 0 Å². The number of hydrogen-bond acceptors (Lipinski definition) is 5. The number of aliphatic hydroxyl groups excluding tert-OH is 1. The molecular weight excluding hydrogens is 246 g/mol. The topological polar surface area (TPSA) is 77.2 Å². The van der Waals surface area contributed by atoms with Crippen molar-refractivity contribution in [3.63, 3.8) is 0 Å². The van der Waals surface area contributed by atoms with Gasteiger partial charge in [-0.3, -0.25) is 0 Å². The molecule has 2 unspecified atom stereocenters. The quantitative estimate of drug-likeness (QED) is 0.839. The van der Waals surface area contributed by atoms with Gasteiger partial charge in [0, 0.05) is 0 Å². The van der Waals surface area contributed by atoms with E-state index in [2.05, 4.69) is 10.3 Å². The van der Waals surface area contributed by atoms with Gasteiger partial charge in [-0.25, -0.2) is 9.48 Å². The fraction of sp³-hybridized carbons (Fsp3) is 0.769. The Balaban J connectivity index is 2.37. The third-order valence-electron chi connectivity index (χ3n) is 3.50. The highest BCUT2D eigenvalue weighted by Crippen LogP contribution is 2.33. The summed E-state index contributed by atoms with van der Waals surface area (Å²) >= 11 is 0. The molecule has 1 aromatic rings. The number of ether oxygens (including phenoxy) is 1. The van der Waals surface area contributed by atoms with Gasteiger partial charge in [0.05, 0.1) is 24.4 Å². The van der Waals surface area contributed by atoms with Crippen LogP contribution in [0.2, 0.25) is 0 Å². The highest BCUT2D eigenvalue weighted by molar-refractivity contribution is 5.88. The van der Waals surface area contributed by atoms with E-state index in [1.807, 2.05) is 13.8 Å². The van der Waals surface area contributed by atoms with Crippen molar-refractivity contribution in [3.05, 3.63) is 11.4 Å². The minimum Gasteiger partial charge on any atom is -0.461 e. The fourth-order valence-electron chi connectivity index (χ4n) is 2.63. The van der Waals surface area contributed by atoms with Crippen LogP contribution in [-0.4, -0.2) is 38.8 Å². The van der Waals surface area contributed by atoms with Crippen LogP contribution < -0.4 is 0 Å². The molecule has 6 heteroatoms. The SMILES string of the molecule is CCOC(=O)c1nnn(C2CCCC2O)c1C(C)C. The summed E-state index contributed by atoms with van der Waals surface area (Å²) in [5.41, 5.74) is 1.03. The van der Waals surface area contributed by atoms with Gasteiger partial charge in [0.25, 0.3) is 0 Å². The molecule has 0 saturated heterocycles. The van der Waals surface area contributed by atoms with E-state index >= 15 is 0 Å².